The number of benzene rings is 1. The summed E-state index contributed by atoms with van der Waals surface area (Å²) in [4.78, 5) is 23.9. The lowest BCUT2D eigenvalue weighted by atomic mass is 10.1. The van der Waals surface area contributed by atoms with Gasteiger partial charge in [0.05, 0.1) is 9.82 Å². The first kappa shape index (κ1) is 16.8. The van der Waals surface area contributed by atoms with Crippen LogP contribution in [0.2, 0.25) is 0 Å². The molecule has 1 heterocycles. The Hall–Kier alpha value is -2.00. The van der Waals surface area contributed by atoms with Crippen molar-refractivity contribution in [3.63, 3.8) is 0 Å². The Bertz CT molecular complexity index is 735. The maximum absolute atomic E-state index is 12.4. The second kappa shape index (κ2) is 6.48. The molecule has 1 saturated heterocycles. The number of nitro groups is 1. The first-order valence-electron chi connectivity index (χ1n) is 7.92. The number of carbonyl (C=O) groups is 1. The number of hydrogen-bond acceptors (Lipinski definition) is 5. The van der Waals surface area contributed by atoms with E-state index in [0.29, 0.717) is 25.9 Å². The van der Waals surface area contributed by atoms with Crippen molar-refractivity contribution in [2.45, 2.75) is 36.6 Å². The molecule has 0 radical (unpaired) electrons. The highest BCUT2D eigenvalue weighted by Gasteiger charge is 2.35. The van der Waals surface area contributed by atoms with Crippen LogP contribution in [-0.2, 0) is 14.8 Å². The SMILES string of the molecule is O=C(C1CC1)N1CCC(NS(=O)(=O)c2ccc([N+](=O)[O-])cc2)CC1. The average molecular weight is 353 g/mol. The van der Waals surface area contributed by atoms with Crippen molar-refractivity contribution in [2.24, 2.45) is 5.92 Å². The van der Waals surface area contributed by atoms with Crippen molar-refractivity contribution >= 4 is 21.6 Å². The summed E-state index contributed by atoms with van der Waals surface area (Å²) in [6.45, 7) is 1.12. The quantitative estimate of drug-likeness (QED) is 0.633. The molecule has 1 aromatic carbocycles. The molecule has 8 nitrogen and oxygen atoms in total. The number of rotatable bonds is 5. The molecule has 24 heavy (non-hydrogen) atoms. The van der Waals surface area contributed by atoms with E-state index in [-0.39, 0.29) is 28.4 Å². The molecule has 1 aliphatic carbocycles. The van der Waals surface area contributed by atoms with Gasteiger partial charge in [0.2, 0.25) is 15.9 Å². The number of nitro benzene ring substituents is 1. The van der Waals surface area contributed by atoms with Gasteiger partial charge < -0.3 is 4.90 Å². The number of sulfonamides is 1. The van der Waals surface area contributed by atoms with Crippen LogP contribution in [0.1, 0.15) is 25.7 Å². The summed E-state index contributed by atoms with van der Waals surface area (Å²) in [5.41, 5.74) is -0.152. The van der Waals surface area contributed by atoms with Gasteiger partial charge >= 0.3 is 0 Å². The van der Waals surface area contributed by atoms with E-state index in [4.69, 9.17) is 0 Å². The largest absolute Gasteiger partial charge is 0.342 e. The summed E-state index contributed by atoms with van der Waals surface area (Å²) in [5, 5.41) is 10.6. The Balaban J connectivity index is 1.58. The smallest absolute Gasteiger partial charge is 0.269 e. The zero-order valence-corrected chi connectivity index (χ0v) is 13.9. The molecule has 0 unspecified atom stereocenters. The lowest BCUT2D eigenvalue weighted by molar-refractivity contribution is -0.384. The van der Waals surface area contributed by atoms with Gasteiger partial charge in [-0.15, -0.1) is 0 Å². The van der Waals surface area contributed by atoms with Crippen molar-refractivity contribution in [2.75, 3.05) is 13.1 Å². The van der Waals surface area contributed by atoms with Crippen LogP contribution in [0.4, 0.5) is 5.69 Å². The summed E-state index contributed by atoms with van der Waals surface area (Å²) in [6, 6.07) is 4.57. The number of non-ortho nitro benzene ring substituents is 1. The summed E-state index contributed by atoms with van der Waals surface area (Å²) in [6.07, 6.45) is 3.08. The Labute approximate surface area is 140 Å². The molecule has 0 aromatic heterocycles. The number of amides is 1. The lowest BCUT2D eigenvalue weighted by Gasteiger charge is -2.32. The highest BCUT2D eigenvalue weighted by Crippen LogP contribution is 2.32. The molecular formula is C15H19N3O5S. The molecule has 3 rings (SSSR count). The topological polar surface area (TPSA) is 110 Å². The predicted octanol–water partition coefficient (Wildman–Crippen LogP) is 1.27. The highest BCUT2D eigenvalue weighted by atomic mass is 32.2. The fraction of sp³-hybridized carbons (Fsp3) is 0.533. The van der Waals surface area contributed by atoms with Crippen LogP contribution in [-0.4, -0.2) is 43.3 Å². The maximum Gasteiger partial charge on any atom is 0.269 e. The van der Waals surface area contributed by atoms with E-state index in [9.17, 15) is 23.3 Å². The Kier molecular flexibility index (Phi) is 4.55. The molecule has 1 saturated carbocycles. The van der Waals surface area contributed by atoms with Crippen LogP contribution in [0.25, 0.3) is 0 Å². The van der Waals surface area contributed by atoms with E-state index >= 15 is 0 Å². The number of likely N-dealkylation sites (tertiary alicyclic amines) is 1. The zero-order valence-electron chi connectivity index (χ0n) is 13.1. The fourth-order valence-electron chi connectivity index (χ4n) is 2.84. The van der Waals surface area contributed by atoms with Crippen LogP contribution >= 0.6 is 0 Å². The molecule has 2 aliphatic rings. The summed E-state index contributed by atoms with van der Waals surface area (Å²) >= 11 is 0. The van der Waals surface area contributed by atoms with Crippen LogP contribution in [0.15, 0.2) is 29.2 Å². The fourth-order valence-corrected chi connectivity index (χ4v) is 4.15. The van der Waals surface area contributed by atoms with Crippen molar-refractivity contribution in [1.82, 2.24) is 9.62 Å². The van der Waals surface area contributed by atoms with Crippen LogP contribution in [0.5, 0.6) is 0 Å². The number of piperidine rings is 1. The van der Waals surface area contributed by atoms with Crippen LogP contribution in [0, 0.1) is 16.0 Å². The van der Waals surface area contributed by atoms with Gasteiger partial charge in [0, 0.05) is 37.2 Å². The molecule has 0 atom stereocenters. The molecule has 130 valence electrons. The Morgan fingerprint density at radius 2 is 1.71 bits per heavy atom. The Morgan fingerprint density at radius 3 is 2.21 bits per heavy atom. The van der Waals surface area contributed by atoms with Crippen molar-refractivity contribution in [3.05, 3.63) is 34.4 Å². The van der Waals surface area contributed by atoms with E-state index in [1.54, 1.807) is 0 Å². The third-order valence-electron chi connectivity index (χ3n) is 4.41. The average Bonchev–Trinajstić information content (AvgIpc) is 3.39. The lowest BCUT2D eigenvalue weighted by Crippen LogP contribution is -2.46. The minimum Gasteiger partial charge on any atom is -0.342 e. The van der Waals surface area contributed by atoms with E-state index < -0.39 is 14.9 Å². The molecule has 0 spiro atoms. The predicted molar refractivity (Wildman–Crippen MR) is 85.7 cm³/mol. The summed E-state index contributed by atoms with van der Waals surface area (Å²) in [7, 11) is -3.72. The minimum atomic E-state index is -3.72. The van der Waals surface area contributed by atoms with Crippen molar-refractivity contribution in [3.8, 4) is 0 Å². The second-order valence-electron chi connectivity index (χ2n) is 6.25. The second-order valence-corrected chi connectivity index (χ2v) is 7.96. The van der Waals surface area contributed by atoms with Gasteiger partial charge in [-0.05, 0) is 37.8 Å². The summed E-state index contributed by atoms with van der Waals surface area (Å²) in [5.74, 6) is 0.366. The van der Waals surface area contributed by atoms with Gasteiger partial charge in [0.25, 0.3) is 5.69 Å². The molecule has 2 fully saturated rings. The van der Waals surface area contributed by atoms with Gasteiger partial charge in [-0.3, -0.25) is 14.9 Å². The van der Waals surface area contributed by atoms with Crippen molar-refractivity contribution < 1.29 is 18.1 Å². The van der Waals surface area contributed by atoms with Gasteiger partial charge in [-0.1, -0.05) is 0 Å². The van der Waals surface area contributed by atoms with Gasteiger partial charge in [-0.2, -0.15) is 0 Å². The molecule has 1 N–H and O–H groups in total. The molecule has 1 aliphatic heterocycles. The van der Waals surface area contributed by atoms with E-state index in [1.165, 1.54) is 24.3 Å². The normalized spacial score (nSPS) is 19.2. The van der Waals surface area contributed by atoms with Gasteiger partial charge in [0.1, 0.15) is 0 Å². The Morgan fingerprint density at radius 1 is 1.12 bits per heavy atom. The van der Waals surface area contributed by atoms with Crippen LogP contribution in [0.3, 0.4) is 0 Å². The first-order chi connectivity index (χ1) is 11.4. The number of nitrogens with zero attached hydrogens (tertiary/aromatic N) is 2. The number of nitrogens with one attached hydrogen (secondary N) is 1. The molecular weight excluding hydrogens is 334 g/mol. The maximum atomic E-state index is 12.4. The van der Waals surface area contributed by atoms with E-state index in [0.717, 1.165) is 12.8 Å². The number of hydrogen-bond donors (Lipinski definition) is 1. The summed E-state index contributed by atoms with van der Waals surface area (Å²) < 4.78 is 27.3. The first-order valence-corrected chi connectivity index (χ1v) is 9.41. The molecule has 0 bridgehead atoms. The van der Waals surface area contributed by atoms with Gasteiger partial charge in [-0.25, -0.2) is 13.1 Å². The van der Waals surface area contributed by atoms with Crippen LogP contribution < -0.4 is 4.72 Å². The molecule has 1 amide bonds. The number of carbonyl (C=O) groups excluding carboxylic acids is 1. The zero-order chi connectivity index (χ0) is 17.3. The molecule has 9 heteroatoms. The molecule has 1 aromatic rings. The highest BCUT2D eigenvalue weighted by molar-refractivity contribution is 7.89. The van der Waals surface area contributed by atoms with E-state index in [1.807, 2.05) is 4.90 Å². The monoisotopic (exact) mass is 353 g/mol. The third-order valence-corrected chi connectivity index (χ3v) is 5.95. The third kappa shape index (κ3) is 3.73. The minimum absolute atomic E-state index is 0.00425. The van der Waals surface area contributed by atoms with Crippen molar-refractivity contribution in [1.29, 1.82) is 0 Å². The van der Waals surface area contributed by atoms with E-state index in [2.05, 4.69) is 4.72 Å². The van der Waals surface area contributed by atoms with Gasteiger partial charge in [0.15, 0.2) is 0 Å². The standard InChI is InChI=1S/C15H19N3O5S/c19-15(11-1-2-11)17-9-7-12(8-10-17)16-24(22,23)14-5-3-13(4-6-14)18(20)21/h3-6,11-12,16H,1-2,7-10H2.